The standard InChI is InChI=1S/C17H21N3O/c1-2-19-9-11-20(12-10-19)16(21)13-15-6-3-5-14-7-4-8-18-17(14)15/h3-8H,2,9-13H2,1H3. The second kappa shape index (κ2) is 6.22. The van der Waals surface area contributed by atoms with E-state index in [9.17, 15) is 4.79 Å². The number of aromatic nitrogens is 1. The Hall–Kier alpha value is -1.94. The van der Waals surface area contributed by atoms with Crippen molar-refractivity contribution in [2.45, 2.75) is 13.3 Å². The number of piperazine rings is 1. The molecule has 110 valence electrons. The molecule has 0 N–H and O–H groups in total. The lowest BCUT2D eigenvalue weighted by Crippen LogP contribution is -2.48. The molecule has 0 atom stereocenters. The van der Waals surface area contributed by atoms with Gasteiger partial charge in [0.25, 0.3) is 0 Å². The van der Waals surface area contributed by atoms with Gasteiger partial charge in [0.05, 0.1) is 11.9 Å². The number of pyridine rings is 1. The number of hydrogen-bond acceptors (Lipinski definition) is 3. The summed E-state index contributed by atoms with van der Waals surface area (Å²) >= 11 is 0. The third-order valence-corrected chi connectivity index (χ3v) is 4.23. The molecule has 1 aromatic heterocycles. The molecule has 2 heterocycles. The van der Waals surface area contributed by atoms with Crippen molar-refractivity contribution in [2.24, 2.45) is 0 Å². The summed E-state index contributed by atoms with van der Waals surface area (Å²) in [5.41, 5.74) is 1.97. The number of carbonyl (C=O) groups excluding carboxylic acids is 1. The molecular formula is C17H21N3O. The average molecular weight is 283 g/mol. The van der Waals surface area contributed by atoms with Gasteiger partial charge in [-0.2, -0.15) is 0 Å². The first-order chi connectivity index (χ1) is 10.3. The average Bonchev–Trinajstić information content (AvgIpc) is 2.55. The van der Waals surface area contributed by atoms with Crippen molar-refractivity contribution in [1.82, 2.24) is 14.8 Å². The van der Waals surface area contributed by atoms with Crippen LogP contribution in [0.5, 0.6) is 0 Å². The van der Waals surface area contributed by atoms with Crippen molar-refractivity contribution in [1.29, 1.82) is 0 Å². The van der Waals surface area contributed by atoms with E-state index in [0.29, 0.717) is 6.42 Å². The van der Waals surface area contributed by atoms with E-state index < -0.39 is 0 Å². The molecule has 4 heteroatoms. The number of para-hydroxylation sites is 1. The number of amides is 1. The van der Waals surface area contributed by atoms with E-state index in [4.69, 9.17) is 0 Å². The Balaban J connectivity index is 1.72. The van der Waals surface area contributed by atoms with Crippen molar-refractivity contribution in [3.63, 3.8) is 0 Å². The topological polar surface area (TPSA) is 36.4 Å². The highest BCUT2D eigenvalue weighted by molar-refractivity contribution is 5.87. The largest absolute Gasteiger partial charge is 0.340 e. The third-order valence-electron chi connectivity index (χ3n) is 4.23. The molecule has 3 rings (SSSR count). The van der Waals surface area contributed by atoms with Gasteiger partial charge < -0.3 is 9.80 Å². The molecule has 1 aliphatic heterocycles. The van der Waals surface area contributed by atoms with Crippen LogP contribution in [0.15, 0.2) is 36.5 Å². The molecule has 2 aromatic rings. The Morgan fingerprint density at radius 2 is 1.90 bits per heavy atom. The Labute approximate surface area is 125 Å². The van der Waals surface area contributed by atoms with E-state index in [1.54, 1.807) is 6.20 Å². The molecule has 0 saturated carbocycles. The van der Waals surface area contributed by atoms with Gasteiger partial charge in [0.15, 0.2) is 0 Å². The van der Waals surface area contributed by atoms with Gasteiger partial charge in [0.1, 0.15) is 0 Å². The summed E-state index contributed by atoms with van der Waals surface area (Å²) in [6, 6.07) is 10.0. The van der Waals surface area contributed by atoms with Crippen LogP contribution in [0.25, 0.3) is 10.9 Å². The Morgan fingerprint density at radius 1 is 1.14 bits per heavy atom. The summed E-state index contributed by atoms with van der Waals surface area (Å²) in [6.07, 6.45) is 2.23. The van der Waals surface area contributed by atoms with Crippen LogP contribution < -0.4 is 0 Å². The predicted octanol–water partition coefficient (Wildman–Crippen LogP) is 1.94. The second-order valence-electron chi connectivity index (χ2n) is 5.48. The number of nitrogens with zero attached hydrogens (tertiary/aromatic N) is 3. The summed E-state index contributed by atoms with van der Waals surface area (Å²) in [5.74, 6) is 0.212. The fraction of sp³-hybridized carbons (Fsp3) is 0.412. The summed E-state index contributed by atoms with van der Waals surface area (Å²) in [4.78, 5) is 21.3. The minimum Gasteiger partial charge on any atom is -0.340 e. The van der Waals surface area contributed by atoms with Gasteiger partial charge in [-0.05, 0) is 18.2 Å². The van der Waals surface area contributed by atoms with Crippen LogP contribution >= 0.6 is 0 Å². The molecule has 1 aliphatic rings. The first-order valence-electron chi connectivity index (χ1n) is 7.60. The van der Waals surface area contributed by atoms with E-state index in [1.165, 1.54) is 0 Å². The number of benzene rings is 1. The lowest BCUT2D eigenvalue weighted by molar-refractivity contribution is -0.132. The quantitative estimate of drug-likeness (QED) is 0.864. The van der Waals surface area contributed by atoms with Gasteiger partial charge in [0.2, 0.25) is 5.91 Å². The maximum atomic E-state index is 12.5. The van der Waals surface area contributed by atoms with E-state index in [1.807, 2.05) is 35.2 Å². The van der Waals surface area contributed by atoms with Crippen LogP contribution in [0, 0.1) is 0 Å². The molecule has 1 saturated heterocycles. The zero-order chi connectivity index (χ0) is 14.7. The Morgan fingerprint density at radius 3 is 2.67 bits per heavy atom. The molecular weight excluding hydrogens is 262 g/mol. The van der Waals surface area contributed by atoms with Crippen molar-refractivity contribution < 1.29 is 4.79 Å². The number of likely N-dealkylation sites (N-methyl/N-ethyl adjacent to an activating group) is 1. The molecule has 4 nitrogen and oxygen atoms in total. The van der Waals surface area contributed by atoms with Gasteiger partial charge in [-0.25, -0.2) is 0 Å². The van der Waals surface area contributed by atoms with E-state index >= 15 is 0 Å². The fourth-order valence-corrected chi connectivity index (χ4v) is 2.90. The summed E-state index contributed by atoms with van der Waals surface area (Å²) in [7, 11) is 0. The fourth-order valence-electron chi connectivity index (χ4n) is 2.90. The first-order valence-corrected chi connectivity index (χ1v) is 7.60. The Bertz CT molecular complexity index is 627. The predicted molar refractivity (Wildman–Crippen MR) is 84.1 cm³/mol. The molecule has 1 fully saturated rings. The first kappa shape index (κ1) is 14.0. The summed E-state index contributed by atoms with van der Waals surface area (Å²) in [5, 5.41) is 1.10. The highest BCUT2D eigenvalue weighted by Crippen LogP contribution is 2.17. The minimum absolute atomic E-state index is 0.212. The molecule has 0 bridgehead atoms. The number of carbonyl (C=O) groups is 1. The number of fused-ring (bicyclic) bond motifs is 1. The van der Waals surface area contributed by atoms with Crippen LogP contribution in [0.1, 0.15) is 12.5 Å². The van der Waals surface area contributed by atoms with E-state index in [-0.39, 0.29) is 5.91 Å². The molecule has 0 spiro atoms. The third kappa shape index (κ3) is 3.05. The zero-order valence-corrected chi connectivity index (χ0v) is 12.5. The van der Waals surface area contributed by atoms with Crippen LogP contribution in [-0.2, 0) is 11.2 Å². The number of rotatable bonds is 3. The molecule has 1 amide bonds. The van der Waals surface area contributed by atoms with Crippen molar-refractivity contribution in [3.8, 4) is 0 Å². The maximum absolute atomic E-state index is 12.5. The SMILES string of the molecule is CCN1CCN(C(=O)Cc2cccc3cccnc23)CC1. The van der Waals surface area contributed by atoms with Gasteiger partial charge in [-0.15, -0.1) is 0 Å². The zero-order valence-electron chi connectivity index (χ0n) is 12.5. The van der Waals surface area contributed by atoms with Crippen molar-refractivity contribution in [2.75, 3.05) is 32.7 Å². The van der Waals surface area contributed by atoms with Crippen LogP contribution in [-0.4, -0.2) is 53.4 Å². The van der Waals surface area contributed by atoms with E-state index in [2.05, 4.69) is 16.8 Å². The lowest BCUT2D eigenvalue weighted by atomic mass is 10.1. The summed E-state index contributed by atoms with van der Waals surface area (Å²) < 4.78 is 0. The normalized spacial score (nSPS) is 16.3. The maximum Gasteiger partial charge on any atom is 0.227 e. The molecule has 1 aromatic carbocycles. The molecule has 21 heavy (non-hydrogen) atoms. The van der Waals surface area contributed by atoms with Gasteiger partial charge in [-0.1, -0.05) is 31.2 Å². The highest BCUT2D eigenvalue weighted by atomic mass is 16.2. The molecule has 0 unspecified atom stereocenters. The lowest BCUT2D eigenvalue weighted by Gasteiger charge is -2.34. The minimum atomic E-state index is 0.212. The monoisotopic (exact) mass is 283 g/mol. The van der Waals surface area contributed by atoms with Gasteiger partial charge in [0, 0.05) is 37.8 Å². The van der Waals surface area contributed by atoms with Gasteiger partial charge >= 0.3 is 0 Å². The van der Waals surface area contributed by atoms with Crippen LogP contribution in [0.2, 0.25) is 0 Å². The smallest absolute Gasteiger partial charge is 0.227 e. The molecule has 0 radical (unpaired) electrons. The van der Waals surface area contributed by atoms with Crippen molar-refractivity contribution >= 4 is 16.8 Å². The van der Waals surface area contributed by atoms with E-state index in [0.717, 1.165) is 49.2 Å². The van der Waals surface area contributed by atoms with Gasteiger partial charge in [-0.3, -0.25) is 9.78 Å². The van der Waals surface area contributed by atoms with Crippen LogP contribution in [0.3, 0.4) is 0 Å². The molecule has 0 aliphatic carbocycles. The Kier molecular flexibility index (Phi) is 4.15. The summed E-state index contributed by atoms with van der Waals surface area (Å²) in [6.45, 7) is 6.87. The van der Waals surface area contributed by atoms with Crippen molar-refractivity contribution in [3.05, 3.63) is 42.1 Å². The van der Waals surface area contributed by atoms with Crippen LogP contribution in [0.4, 0.5) is 0 Å². The number of hydrogen-bond donors (Lipinski definition) is 0. The highest BCUT2D eigenvalue weighted by Gasteiger charge is 2.20. The second-order valence-corrected chi connectivity index (χ2v) is 5.48.